The van der Waals surface area contributed by atoms with E-state index in [-0.39, 0.29) is 5.56 Å². The van der Waals surface area contributed by atoms with Gasteiger partial charge in [0.25, 0.3) is 0 Å². The van der Waals surface area contributed by atoms with E-state index in [0.717, 1.165) is 46.0 Å². The van der Waals surface area contributed by atoms with Gasteiger partial charge in [-0.05, 0) is 72.4 Å². The molecule has 150 valence electrons. The summed E-state index contributed by atoms with van der Waals surface area (Å²) >= 11 is 3.52. The van der Waals surface area contributed by atoms with Crippen molar-refractivity contribution in [3.63, 3.8) is 0 Å². The highest BCUT2D eigenvalue weighted by Crippen LogP contribution is 2.40. The van der Waals surface area contributed by atoms with Crippen molar-refractivity contribution in [3.05, 3.63) is 88.2 Å². The second kappa shape index (κ2) is 7.61. The van der Waals surface area contributed by atoms with E-state index in [1.807, 2.05) is 24.3 Å². The van der Waals surface area contributed by atoms with Crippen LogP contribution in [0.4, 0.5) is 11.5 Å². The summed E-state index contributed by atoms with van der Waals surface area (Å²) < 4.78 is 3.27. The van der Waals surface area contributed by atoms with Gasteiger partial charge in [0.15, 0.2) is 0 Å². The molecule has 0 amide bonds. The minimum Gasteiger partial charge on any atom is -0.478 e. The lowest BCUT2D eigenvalue weighted by atomic mass is 10.1. The number of hydrogen-bond acceptors (Lipinski definition) is 3. The van der Waals surface area contributed by atoms with Gasteiger partial charge in [-0.25, -0.2) is 9.78 Å². The Labute approximate surface area is 182 Å². The fraction of sp³-hybridized carbons (Fsp3) is 0.167. The Bertz CT molecular complexity index is 1260. The first-order valence-electron chi connectivity index (χ1n) is 9.90. The van der Waals surface area contributed by atoms with Crippen LogP contribution in [0.2, 0.25) is 0 Å². The van der Waals surface area contributed by atoms with Crippen LogP contribution >= 0.6 is 15.9 Å². The SMILES string of the molecule is O=C(O)c1cc(C2CC2)cnc1Nc1ccc2c(ccn2Cc2cccc(Br)c2)c1. The summed E-state index contributed by atoms with van der Waals surface area (Å²) in [5, 5.41) is 13.9. The summed E-state index contributed by atoms with van der Waals surface area (Å²) in [6, 6.07) is 18.1. The van der Waals surface area contributed by atoms with Crippen molar-refractivity contribution in [1.29, 1.82) is 0 Å². The molecule has 2 aromatic heterocycles. The van der Waals surface area contributed by atoms with Crippen molar-refractivity contribution < 1.29 is 9.90 Å². The number of carboxylic acid groups (broad SMARTS) is 1. The van der Waals surface area contributed by atoms with Gasteiger partial charge in [-0.3, -0.25) is 0 Å². The van der Waals surface area contributed by atoms with Gasteiger partial charge in [-0.15, -0.1) is 0 Å². The number of hydrogen-bond donors (Lipinski definition) is 2. The Morgan fingerprint density at radius 3 is 2.80 bits per heavy atom. The van der Waals surface area contributed by atoms with E-state index >= 15 is 0 Å². The number of rotatable bonds is 6. The molecule has 1 aliphatic carbocycles. The van der Waals surface area contributed by atoms with Crippen molar-refractivity contribution in [2.75, 3.05) is 5.32 Å². The fourth-order valence-electron chi connectivity index (χ4n) is 3.77. The number of anilines is 2. The first-order chi connectivity index (χ1) is 14.6. The molecule has 1 fully saturated rings. The van der Waals surface area contributed by atoms with E-state index in [4.69, 9.17) is 0 Å². The number of carboxylic acids is 1. The lowest BCUT2D eigenvalue weighted by molar-refractivity contribution is 0.0697. The fourth-order valence-corrected chi connectivity index (χ4v) is 4.21. The van der Waals surface area contributed by atoms with E-state index in [2.05, 4.69) is 61.3 Å². The minimum absolute atomic E-state index is 0.215. The summed E-state index contributed by atoms with van der Waals surface area (Å²) in [6.45, 7) is 0.781. The van der Waals surface area contributed by atoms with Gasteiger partial charge in [-0.1, -0.05) is 28.1 Å². The van der Waals surface area contributed by atoms with Crippen LogP contribution in [-0.4, -0.2) is 20.6 Å². The Hall–Kier alpha value is -3.12. The molecule has 2 aromatic carbocycles. The second-order valence-electron chi connectivity index (χ2n) is 7.72. The van der Waals surface area contributed by atoms with Crippen molar-refractivity contribution in [2.24, 2.45) is 0 Å². The third-order valence-corrected chi connectivity index (χ3v) is 5.96. The number of halogens is 1. The standard InChI is InChI=1S/C24H20BrN3O2/c25-19-3-1-2-15(10-19)14-28-9-8-17-11-20(6-7-22(17)28)27-23-21(24(29)30)12-18(13-26-23)16-4-5-16/h1-3,6-13,16H,4-5,14H2,(H,26,27)(H,29,30). The maximum Gasteiger partial charge on any atom is 0.339 e. The summed E-state index contributed by atoms with van der Waals surface area (Å²) in [5.74, 6) is -0.125. The van der Waals surface area contributed by atoms with Gasteiger partial charge < -0.3 is 15.0 Å². The molecular weight excluding hydrogens is 442 g/mol. The van der Waals surface area contributed by atoms with Gasteiger partial charge in [0.05, 0.1) is 0 Å². The van der Waals surface area contributed by atoms with Crippen LogP contribution in [0.1, 0.15) is 40.2 Å². The average Bonchev–Trinajstić information content (AvgIpc) is 3.50. The van der Waals surface area contributed by atoms with Crippen molar-refractivity contribution in [1.82, 2.24) is 9.55 Å². The molecule has 0 spiro atoms. The Kier molecular flexibility index (Phi) is 4.79. The summed E-state index contributed by atoms with van der Waals surface area (Å²) in [6.07, 6.45) is 6.09. The molecule has 1 saturated carbocycles. The van der Waals surface area contributed by atoms with Gasteiger partial charge in [0.2, 0.25) is 0 Å². The molecule has 6 heteroatoms. The molecule has 0 radical (unpaired) electrons. The van der Waals surface area contributed by atoms with E-state index in [9.17, 15) is 9.90 Å². The molecule has 5 rings (SSSR count). The van der Waals surface area contributed by atoms with E-state index < -0.39 is 5.97 Å². The third-order valence-electron chi connectivity index (χ3n) is 5.46. The summed E-state index contributed by atoms with van der Waals surface area (Å²) in [7, 11) is 0. The zero-order valence-electron chi connectivity index (χ0n) is 16.2. The molecule has 0 saturated heterocycles. The number of nitrogens with one attached hydrogen (secondary N) is 1. The lowest BCUT2D eigenvalue weighted by Gasteiger charge is -2.11. The number of carbonyl (C=O) groups is 1. The molecule has 0 atom stereocenters. The van der Waals surface area contributed by atoms with Gasteiger partial charge in [0.1, 0.15) is 11.4 Å². The van der Waals surface area contributed by atoms with Gasteiger partial charge in [-0.2, -0.15) is 0 Å². The minimum atomic E-state index is -0.964. The van der Waals surface area contributed by atoms with E-state index in [1.54, 1.807) is 12.3 Å². The number of benzene rings is 2. The van der Waals surface area contributed by atoms with Crippen LogP contribution in [0, 0.1) is 0 Å². The zero-order valence-corrected chi connectivity index (χ0v) is 17.8. The van der Waals surface area contributed by atoms with Crippen LogP contribution in [0.15, 0.2) is 71.5 Å². The zero-order chi connectivity index (χ0) is 20.7. The van der Waals surface area contributed by atoms with E-state index in [0.29, 0.717) is 11.7 Å². The first-order valence-corrected chi connectivity index (χ1v) is 10.7. The Balaban J connectivity index is 1.42. The number of aromatic nitrogens is 2. The first kappa shape index (κ1) is 18.9. The highest BCUT2D eigenvalue weighted by atomic mass is 79.9. The quantitative estimate of drug-likeness (QED) is 0.360. The maximum atomic E-state index is 11.7. The van der Waals surface area contributed by atoms with Crippen LogP contribution in [-0.2, 0) is 6.54 Å². The molecule has 0 unspecified atom stereocenters. The monoisotopic (exact) mass is 461 g/mol. The van der Waals surface area contributed by atoms with Crippen LogP contribution in [0.25, 0.3) is 10.9 Å². The Morgan fingerprint density at radius 1 is 1.17 bits per heavy atom. The highest BCUT2D eigenvalue weighted by molar-refractivity contribution is 9.10. The molecule has 2 heterocycles. The molecule has 0 bridgehead atoms. The largest absolute Gasteiger partial charge is 0.478 e. The topological polar surface area (TPSA) is 67.2 Å². The van der Waals surface area contributed by atoms with E-state index in [1.165, 1.54) is 5.56 Å². The maximum absolute atomic E-state index is 11.7. The Morgan fingerprint density at radius 2 is 2.03 bits per heavy atom. The van der Waals surface area contributed by atoms with Crippen LogP contribution in [0.3, 0.4) is 0 Å². The molecule has 4 aromatic rings. The van der Waals surface area contributed by atoms with Gasteiger partial charge in [0, 0.05) is 40.0 Å². The smallest absolute Gasteiger partial charge is 0.339 e. The molecule has 30 heavy (non-hydrogen) atoms. The molecule has 1 aliphatic rings. The van der Waals surface area contributed by atoms with Crippen molar-refractivity contribution in [3.8, 4) is 0 Å². The third kappa shape index (κ3) is 3.83. The average molecular weight is 462 g/mol. The number of fused-ring (bicyclic) bond motifs is 1. The van der Waals surface area contributed by atoms with Crippen LogP contribution < -0.4 is 5.32 Å². The normalized spacial score (nSPS) is 13.5. The summed E-state index contributed by atoms with van der Waals surface area (Å²) in [4.78, 5) is 16.1. The lowest BCUT2D eigenvalue weighted by Crippen LogP contribution is -2.06. The highest BCUT2D eigenvalue weighted by Gasteiger charge is 2.26. The molecular formula is C24H20BrN3O2. The predicted molar refractivity (Wildman–Crippen MR) is 122 cm³/mol. The predicted octanol–water partition coefficient (Wildman–Crippen LogP) is 6.17. The molecule has 5 nitrogen and oxygen atoms in total. The second-order valence-corrected chi connectivity index (χ2v) is 8.63. The number of pyridine rings is 1. The summed E-state index contributed by atoms with van der Waals surface area (Å²) in [5.41, 5.74) is 4.38. The van der Waals surface area contributed by atoms with Crippen molar-refractivity contribution in [2.45, 2.75) is 25.3 Å². The molecule has 0 aliphatic heterocycles. The van der Waals surface area contributed by atoms with Gasteiger partial charge >= 0.3 is 5.97 Å². The van der Waals surface area contributed by atoms with Crippen molar-refractivity contribution >= 4 is 44.3 Å². The number of aromatic carboxylic acids is 1. The molecule has 2 N–H and O–H groups in total. The van der Waals surface area contributed by atoms with Crippen LogP contribution in [0.5, 0.6) is 0 Å². The number of nitrogens with zero attached hydrogens (tertiary/aromatic N) is 2.